The number of pyridine rings is 1. The van der Waals surface area contributed by atoms with Crippen molar-refractivity contribution in [2.75, 3.05) is 6.61 Å². The van der Waals surface area contributed by atoms with E-state index in [-0.39, 0.29) is 12.5 Å². The second-order valence-electron chi connectivity index (χ2n) is 4.26. The van der Waals surface area contributed by atoms with Gasteiger partial charge in [0, 0.05) is 17.1 Å². The molecule has 0 aliphatic rings. The quantitative estimate of drug-likeness (QED) is 0.764. The zero-order valence-corrected chi connectivity index (χ0v) is 10.9. The van der Waals surface area contributed by atoms with Gasteiger partial charge in [-0.25, -0.2) is 4.79 Å². The second-order valence-corrected chi connectivity index (χ2v) is 4.26. The van der Waals surface area contributed by atoms with Crippen LogP contribution in [0.3, 0.4) is 0 Å². The van der Waals surface area contributed by atoms with Crippen LogP contribution in [0, 0.1) is 0 Å². The van der Waals surface area contributed by atoms with Gasteiger partial charge < -0.3 is 14.3 Å². The lowest BCUT2D eigenvalue weighted by molar-refractivity contribution is -0.142. The lowest BCUT2D eigenvalue weighted by Crippen LogP contribution is -2.06. The normalized spacial score (nSPS) is 10.9. The minimum absolute atomic E-state index is 0.0394. The van der Waals surface area contributed by atoms with Crippen molar-refractivity contribution < 1.29 is 19.1 Å². The van der Waals surface area contributed by atoms with Crippen LogP contribution in [0.4, 0.5) is 0 Å². The first-order chi connectivity index (χ1) is 10.2. The van der Waals surface area contributed by atoms with Crippen LogP contribution in [0.2, 0.25) is 0 Å². The summed E-state index contributed by atoms with van der Waals surface area (Å²) in [7, 11) is 0. The van der Waals surface area contributed by atoms with Gasteiger partial charge in [-0.1, -0.05) is 12.1 Å². The molecule has 7 nitrogen and oxygen atoms in total. The summed E-state index contributed by atoms with van der Waals surface area (Å²) in [6, 6.07) is 9.36. The van der Waals surface area contributed by atoms with Gasteiger partial charge in [0.1, 0.15) is 13.2 Å². The van der Waals surface area contributed by atoms with Crippen LogP contribution in [0.15, 0.2) is 40.9 Å². The number of hydrogen-bond acceptors (Lipinski definition) is 6. The summed E-state index contributed by atoms with van der Waals surface area (Å²) in [6.45, 7) is -0.446. The van der Waals surface area contributed by atoms with Crippen LogP contribution < -0.4 is 0 Å². The van der Waals surface area contributed by atoms with Crippen LogP contribution in [0.5, 0.6) is 0 Å². The van der Waals surface area contributed by atoms with Gasteiger partial charge in [0.05, 0.1) is 5.52 Å². The zero-order valence-electron chi connectivity index (χ0n) is 10.9. The molecule has 0 saturated heterocycles. The Balaban J connectivity index is 1.86. The van der Waals surface area contributed by atoms with Gasteiger partial charge in [-0.2, -0.15) is 0 Å². The first kappa shape index (κ1) is 13.2. The van der Waals surface area contributed by atoms with Gasteiger partial charge in [-0.15, -0.1) is 10.2 Å². The maximum atomic E-state index is 10.4. The molecule has 3 rings (SSSR count). The van der Waals surface area contributed by atoms with E-state index in [0.717, 1.165) is 16.5 Å². The number of aromatic nitrogens is 3. The molecule has 106 valence electrons. The van der Waals surface area contributed by atoms with Crippen LogP contribution >= 0.6 is 0 Å². The molecule has 0 spiro atoms. The molecule has 0 saturated carbocycles. The van der Waals surface area contributed by atoms with E-state index in [4.69, 9.17) is 14.3 Å². The molecule has 2 aromatic heterocycles. The predicted octanol–water partition coefficient (Wildman–Crippen LogP) is 1.89. The van der Waals surface area contributed by atoms with Crippen molar-refractivity contribution in [3.05, 3.63) is 42.4 Å². The number of rotatable bonds is 5. The van der Waals surface area contributed by atoms with E-state index < -0.39 is 12.6 Å². The molecule has 1 N–H and O–H groups in total. The highest BCUT2D eigenvalue weighted by Gasteiger charge is 2.12. The number of benzene rings is 1. The SMILES string of the molecule is O=C(O)COCc1nnc(-c2cccc3ncccc23)o1. The molecule has 7 heteroatoms. The molecular weight excluding hydrogens is 274 g/mol. The smallest absolute Gasteiger partial charge is 0.329 e. The molecule has 0 bridgehead atoms. The highest BCUT2D eigenvalue weighted by molar-refractivity contribution is 5.92. The van der Waals surface area contributed by atoms with Crippen molar-refractivity contribution in [1.29, 1.82) is 0 Å². The Morgan fingerprint density at radius 1 is 1.24 bits per heavy atom. The number of carbonyl (C=O) groups is 1. The van der Waals surface area contributed by atoms with Gasteiger partial charge in [-0.05, 0) is 18.2 Å². The fourth-order valence-corrected chi connectivity index (χ4v) is 1.94. The maximum absolute atomic E-state index is 10.4. The Bertz CT molecular complexity index is 779. The van der Waals surface area contributed by atoms with Crippen molar-refractivity contribution in [3.63, 3.8) is 0 Å². The van der Waals surface area contributed by atoms with E-state index in [9.17, 15) is 4.79 Å². The van der Waals surface area contributed by atoms with Crippen LogP contribution in [0.25, 0.3) is 22.4 Å². The van der Waals surface area contributed by atoms with Crippen molar-refractivity contribution in [3.8, 4) is 11.5 Å². The summed E-state index contributed by atoms with van der Waals surface area (Å²) in [5, 5.41) is 17.2. The summed E-state index contributed by atoms with van der Waals surface area (Å²) < 4.78 is 10.4. The highest BCUT2D eigenvalue weighted by atomic mass is 16.5. The Kier molecular flexibility index (Phi) is 3.57. The monoisotopic (exact) mass is 285 g/mol. The number of ether oxygens (including phenoxy) is 1. The molecule has 0 aliphatic carbocycles. The van der Waals surface area contributed by atoms with Gasteiger partial charge in [0.15, 0.2) is 0 Å². The average Bonchev–Trinajstić information content (AvgIpc) is 2.95. The average molecular weight is 285 g/mol. The summed E-state index contributed by atoms with van der Waals surface area (Å²) in [6.07, 6.45) is 1.71. The van der Waals surface area contributed by atoms with Crippen LogP contribution in [-0.4, -0.2) is 32.9 Å². The molecule has 0 atom stereocenters. The van der Waals surface area contributed by atoms with Crippen molar-refractivity contribution >= 4 is 16.9 Å². The highest BCUT2D eigenvalue weighted by Crippen LogP contribution is 2.26. The van der Waals surface area contributed by atoms with E-state index in [1.807, 2.05) is 30.3 Å². The molecule has 3 aromatic rings. The molecule has 1 aromatic carbocycles. The Morgan fingerprint density at radius 3 is 3.00 bits per heavy atom. The number of nitrogens with zero attached hydrogens (tertiary/aromatic N) is 3. The summed E-state index contributed by atoms with van der Waals surface area (Å²) >= 11 is 0. The van der Waals surface area contributed by atoms with E-state index in [0.29, 0.717) is 5.89 Å². The number of carboxylic acids is 1. The molecule has 2 heterocycles. The fraction of sp³-hybridized carbons (Fsp3) is 0.143. The van der Waals surface area contributed by atoms with Crippen molar-refractivity contribution in [2.45, 2.75) is 6.61 Å². The molecule has 21 heavy (non-hydrogen) atoms. The Morgan fingerprint density at radius 2 is 2.14 bits per heavy atom. The molecule has 0 unspecified atom stereocenters. The number of fused-ring (bicyclic) bond motifs is 1. The molecule has 0 fully saturated rings. The van der Waals surface area contributed by atoms with E-state index in [1.165, 1.54) is 0 Å². The zero-order chi connectivity index (χ0) is 14.7. The third-order valence-electron chi connectivity index (χ3n) is 2.79. The van der Waals surface area contributed by atoms with E-state index in [2.05, 4.69) is 15.2 Å². The number of aliphatic carboxylic acids is 1. The summed E-state index contributed by atoms with van der Waals surface area (Å²) in [4.78, 5) is 14.6. The Hall–Kier alpha value is -2.80. The maximum Gasteiger partial charge on any atom is 0.329 e. The molecular formula is C14H11N3O4. The van der Waals surface area contributed by atoms with Crippen molar-refractivity contribution in [2.24, 2.45) is 0 Å². The minimum atomic E-state index is -1.05. The third kappa shape index (κ3) is 2.87. The fourth-order valence-electron chi connectivity index (χ4n) is 1.94. The lowest BCUT2D eigenvalue weighted by Gasteiger charge is -2.01. The van der Waals surface area contributed by atoms with Crippen molar-refractivity contribution in [1.82, 2.24) is 15.2 Å². The van der Waals surface area contributed by atoms with E-state index in [1.54, 1.807) is 6.20 Å². The molecule has 0 radical (unpaired) electrons. The third-order valence-corrected chi connectivity index (χ3v) is 2.79. The number of hydrogen-bond donors (Lipinski definition) is 1. The second kappa shape index (κ2) is 5.68. The lowest BCUT2D eigenvalue weighted by atomic mass is 10.1. The molecule has 0 amide bonds. The van der Waals surface area contributed by atoms with Crippen LogP contribution in [-0.2, 0) is 16.1 Å². The van der Waals surface area contributed by atoms with Crippen LogP contribution in [0.1, 0.15) is 5.89 Å². The van der Waals surface area contributed by atoms with E-state index >= 15 is 0 Å². The molecule has 0 aliphatic heterocycles. The summed E-state index contributed by atoms with van der Waals surface area (Å²) in [5.41, 5.74) is 1.61. The van der Waals surface area contributed by atoms with Gasteiger partial charge in [0.2, 0.25) is 11.8 Å². The first-order valence-corrected chi connectivity index (χ1v) is 6.20. The topological polar surface area (TPSA) is 98.3 Å². The largest absolute Gasteiger partial charge is 0.480 e. The predicted molar refractivity (Wildman–Crippen MR) is 72.3 cm³/mol. The summed E-state index contributed by atoms with van der Waals surface area (Å²) in [5.74, 6) is -0.468. The first-order valence-electron chi connectivity index (χ1n) is 6.20. The van der Waals surface area contributed by atoms with Gasteiger partial charge in [-0.3, -0.25) is 4.98 Å². The number of carboxylic acid groups (broad SMARTS) is 1. The Labute approximate surface area is 119 Å². The standard InChI is InChI=1S/C14H11N3O4/c18-13(19)8-20-7-12-16-17-14(21-12)10-3-1-5-11-9(10)4-2-6-15-11/h1-6H,7-8H2,(H,18,19). The van der Waals surface area contributed by atoms with Gasteiger partial charge >= 0.3 is 5.97 Å². The van der Waals surface area contributed by atoms with Gasteiger partial charge in [0.25, 0.3) is 0 Å². The minimum Gasteiger partial charge on any atom is -0.480 e.